The Balaban J connectivity index is 1.81. The van der Waals surface area contributed by atoms with Crippen LogP contribution >= 0.6 is 0 Å². The number of likely N-dealkylation sites (tertiary alicyclic amines) is 1. The summed E-state index contributed by atoms with van der Waals surface area (Å²) in [6.07, 6.45) is 4.99. The van der Waals surface area contributed by atoms with Crippen LogP contribution in [0.2, 0.25) is 0 Å². The van der Waals surface area contributed by atoms with Crippen LogP contribution in [0, 0.1) is 5.92 Å². The van der Waals surface area contributed by atoms with Gasteiger partial charge in [0.1, 0.15) is 0 Å². The number of nitrogens with zero attached hydrogens (tertiary/aromatic N) is 2. The van der Waals surface area contributed by atoms with E-state index in [9.17, 15) is 4.79 Å². The van der Waals surface area contributed by atoms with Crippen molar-refractivity contribution in [1.29, 1.82) is 0 Å². The number of carbonyl (C=O) groups is 1. The minimum atomic E-state index is -0.687. The topological polar surface area (TPSA) is 62.7 Å². The maximum Gasteiger partial charge on any atom is 0.303 e. The standard InChI is InChI=1S/C15H22N2O3/c1-20-15-13(3-2-8-16-15)11-17-9-6-12(7-10-17)4-5-14(18)19/h2-3,8,12H,4-7,9-11H2,1H3,(H,18,19). The first-order chi connectivity index (χ1) is 9.69. The molecule has 2 heterocycles. The summed E-state index contributed by atoms with van der Waals surface area (Å²) in [4.78, 5) is 17.2. The summed E-state index contributed by atoms with van der Waals surface area (Å²) >= 11 is 0. The molecule has 5 heteroatoms. The molecule has 5 nitrogen and oxygen atoms in total. The fourth-order valence-corrected chi connectivity index (χ4v) is 2.73. The Morgan fingerprint density at radius 1 is 1.50 bits per heavy atom. The molecule has 1 aromatic heterocycles. The fourth-order valence-electron chi connectivity index (χ4n) is 2.73. The van der Waals surface area contributed by atoms with Crippen molar-refractivity contribution < 1.29 is 14.6 Å². The Labute approximate surface area is 119 Å². The molecule has 1 N–H and O–H groups in total. The highest BCUT2D eigenvalue weighted by Gasteiger charge is 2.20. The molecule has 1 aliphatic heterocycles. The van der Waals surface area contributed by atoms with E-state index in [0.29, 0.717) is 18.2 Å². The SMILES string of the molecule is COc1ncccc1CN1CCC(CCC(=O)O)CC1. The van der Waals surface area contributed by atoms with Gasteiger partial charge in [-0.15, -0.1) is 0 Å². The van der Waals surface area contributed by atoms with Crippen LogP contribution in [-0.2, 0) is 11.3 Å². The summed E-state index contributed by atoms with van der Waals surface area (Å²) in [5, 5.41) is 8.72. The second-order valence-corrected chi connectivity index (χ2v) is 5.32. The highest BCUT2D eigenvalue weighted by molar-refractivity contribution is 5.66. The summed E-state index contributed by atoms with van der Waals surface area (Å²) < 4.78 is 5.27. The fraction of sp³-hybridized carbons (Fsp3) is 0.600. The Morgan fingerprint density at radius 3 is 2.90 bits per heavy atom. The van der Waals surface area contributed by atoms with E-state index in [1.807, 2.05) is 12.1 Å². The summed E-state index contributed by atoms with van der Waals surface area (Å²) in [5.74, 6) is 0.561. The molecule has 0 aliphatic carbocycles. The highest BCUT2D eigenvalue weighted by atomic mass is 16.5. The molecule has 0 saturated carbocycles. The lowest BCUT2D eigenvalue weighted by molar-refractivity contribution is -0.137. The predicted octanol–water partition coefficient (Wildman–Crippen LogP) is 2.17. The molecule has 1 aromatic rings. The molecule has 2 rings (SSSR count). The van der Waals surface area contributed by atoms with Crippen molar-refractivity contribution in [2.24, 2.45) is 5.92 Å². The molecule has 0 bridgehead atoms. The molecule has 0 radical (unpaired) electrons. The first-order valence-electron chi connectivity index (χ1n) is 7.11. The van der Waals surface area contributed by atoms with Gasteiger partial charge >= 0.3 is 5.97 Å². The van der Waals surface area contributed by atoms with Gasteiger partial charge in [-0.1, -0.05) is 6.07 Å². The molecule has 0 unspecified atom stereocenters. The predicted molar refractivity (Wildman–Crippen MR) is 75.7 cm³/mol. The van der Waals surface area contributed by atoms with Crippen LogP contribution in [0.15, 0.2) is 18.3 Å². The highest BCUT2D eigenvalue weighted by Crippen LogP contribution is 2.24. The average Bonchev–Trinajstić information content (AvgIpc) is 2.47. The molecule has 0 atom stereocenters. The van der Waals surface area contributed by atoms with E-state index in [-0.39, 0.29) is 0 Å². The lowest BCUT2D eigenvalue weighted by atomic mass is 9.92. The number of carboxylic acid groups (broad SMARTS) is 1. The normalized spacial score (nSPS) is 17.1. The Morgan fingerprint density at radius 2 is 2.25 bits per heavy atom. The first kappa shape index (κ1) is 14.8. The molecular formula is C15H22N2O3. The molecule has 0 amide bonds. The van der Waals surface area contributed by atoms with Gasteiger partial charge in [-0.2, -0.15) is 0 Å². The summed E-state index contributed by atoms with van der Waals surface area (Å²) in [7, 11) is 1.64. The number of hydrogen-bond donors (Lipinski definition) is 1. The van der Waals surface area contributed by atoms with Crippen LogP contribution in [0.25, 0.3) is 0 Å². The maximum absolute atomic E-state index is 10.6. The zero-order chi connectivity index (χ0) is 14.4. The Kier molecular flexibility index (Phi) is 5.35. The van der Waals surface area contributed by atoms with E-state index in [2.05, 4.69) is 9.88 Å². The van der Waals surface area contributed by atoms with Crippen molar-refractivity contribution in [3.63, 3.8) is 0 Å². The third-order valence-corrected chi connectivity index (χ3v) is 3.91. The average molecular weight is 278 g/mol. The molecule has 0 aromatic carbocycles. The number of piperidine rings is 1. The van der Waals surface area contributed by atoms with Crippen LogP contribution in [0.3, 0.4) is 0 Å². The van der Waals surface area contributed by atoms with Gasteiger partial charge in [0.15, 0.2) is 0 Å². The van der Waals surface area contributed by atoms with E-state index in [1.54, 1.807) is 13.3 Å². The third kappa shape index (κ3) is 4.20. The maximum atomic E-state index is 10.6. The van der Waals surface area contributed by atoms with Crippen molar-refractivity contribution in [1.82, 2.24) is 9.88 Å². The molecule has 0 spiro atoms. The minimum absolute atomic E-state index is 0.293. The Hall–Kier alpha value is -1.62. The molecule has 110 valence electrons. The Bertz CT molecular complexity index is 442. The summed E-state index contributed by atoms with van der Waals surface area (Å²) in [5.41, 5.74) is 1.11. The number of methoxy groups -OCH3 is 1. The van der Waals surface area contributed by atoms with Crippen LogP contribution in [0.1, 0.15) is 31.2 Å². The molecule has 20 heavy (non-hydrogen) atoms. The second kappa shape index (κ2) is 7.24. The van der Waals surface area contributed by atoms with Gasteiger partial charge in [0.25, 0.3) is 0 Å². The number of hydrogen-bond acceptors (Lipinski definition) is 4. The quantitative estimate of drug-likeness (QED) is 0.864. The lowest BCUT2D eigenvalue weighted by Gasteiger charge is -2.31. The zero-order valence-electron chi connectivity index (χ0n) is 11.9. The van der Waals surface area contributed by atoms with Gasteiger partial charge in [0.05, 0.1) is 7.11 Å². The number of aromatic nitrogens is 1. The van der Waals surface area contributed by atoms with Crippen molar-refractivity contribution in [3.05, 3.63) is 23.9 Å². The largest absolute Gasteiger partial charge is 0.481 e. The van der Waals surface area contributed by atoms with Crippen LogP contribution < -0.4 is 4.74 Å². The summed E-state index contributed by atoms with van der Waals surface area (Å²) in [6, 6.07) is 3.97. The molecular weight excluding hydrogens is 256 g/mol. The van der Waals surface area contributed by atoms with E-state index in [0.717, 1.165) is 44.5 Å². The van der Waals surface area contributed by atoms with Crippen LogP contribution in [-0.4, -0.2) is 41.2 Å². The number of pyridine rings is 1. The number of aliphatic carboxylic acids is 1. The molecule has 1 saturated heterocycles. The molecule has 1 aliphatic rings. The van der Waals surface area contributed by atoms with Crippen LogP contribution in [0.5, 0.6) is 5.88 Å². The number of ether oxygens (including phenoxy) is 1. The van der Waals surface area contributed by atoms with Gasteiger partial charge in [-0.25, -0.2) is 4.98 Å². The third-order valence-electron chi connectivity index (χ3n) is 3.91. The lowest BCUT2D eigenvalue weighted by Crippen LogP contribution is -2.33. The van der Waals surface area contributed by atoms with Gasteiger partial charge < -0.3 is 9.84 Å². The van der Waals surface area contributed by atoms with E-state index in [1.165, 1.54) is 0 Å². The van der Waals surface area contributed by atoms with Gasteiger partial charge in [-0.05, 0) is 44.3 Å². The van der Waals surface area contributed by atoms with Gasteiger partial charge in [0, 0.05) is 24.7 Å². The van der Waals surface area contributed by atoms with E-state index >= 15 is 0 Å². The zero-order valence-corrected chi connectivity index (χ0v) is 11.9. The van der Waals surface area contributed by atoms with Crippen LogP contribution in [0.4, 0.5) is 0 Å². The van der Waals surface area contributed by atoms with E-state index in [4.69, 9.17) is 9.84 Å². The monoisotopic (exact) mass is 278 g/mol. The minimum Gasteiger partial charge on any atom is -0.481 e. The molecule has 1 fully saturated rings. The van der Waals surface area contributed by atoms with Gasteiger partial charge in [0.2, 0.25) is 5.88 Å². The van der Waals surface area contributed by atoms with Crippen molar-refractivity contribution in [2.45, 2.75) is 32.2 Å². The smallest absolute Gasteiger partial charge is 0.303 e. The first-order valence-corrected chi connectivity index (χ1v) is 7.11. The number of carboxylic acids is 1. The summed E-state index contributed by atoms with van der Waals surface area (Å²) in [6.45, 7) is 2.88. The van der Waals surface area contributed by atoms with Crippen molar-refractivity contribution in [3.8, 4) is 5.88 Å². The van der Waals surface area contributed by atoms with Crippen molar-refractivity contribution >= 4 is 5.97 Å². The van der Waals surface area contributed by atoms with E-state index < -0.39 is 5.97 Å². The number of rotatable bonds is 6. The van der Waals surface area contributed by atoms with Crippen molar-refractivity contribution in [2.75, 3.05) is 20.2 Å². The van der Waals surface area contributed by atoms with Gasteiger partial charge in [-0.3, -0.25) is 9.69 Å². The second-order valence-electron chi connectivity index (χ2n) is 5.32.